The van der Waals surface area contributed by atoms with E-state index in [-0.39, 0.29) is 11.4 Å². The number of carbonyl (C=O) groups is 1. The van der Waals surface area contributed by atoms with Gasteiger partial charge in [-0.25, -0.2) is 4.39 Å². The van der Waals surface area contributed by atoms with Gasteiger partial charge in [0.25, 0.3) is 5.91 Å². The Hall–Kier alpha value is -2.19. The molecular formula is C14H16FN3O. The molecule has 5 heteroatoms. The van der Waals surface area contributed by atoms with E-state index in [1.54, 1.807) is 0 Å². The van der Waals surface area contributed by atoms with E-state index < -0.39 is 5.91 Å². The van der Waals surface area contributed by atoms with Gasteiger partial charge in [0.2, 0.25) is 0 Å². The normalized spacial score (nSPS) is 11.2. The molecule has 19 heavy (non-hydrogen) atoms. The maximum Gasteiger partial charge on any atom is 0.261 e. The highest BCUT2D eigenvalue weighted by Gasteiger charge is 2.08. The number of rotatable bonds is 5. The maximum atomic E-state index is 12.7. The second-order valence-corrected chi connectivity index (χ2v) is 4.28. The Labute approximate surface area is 112 Å². The van der Waals surface area contributed by atoms with Crippen LogP contribution < -0.4 is 5.32 Å². The molecule has 0 atom stereocenters. The summed E-state index contributed by atoms with van der Waals surface area (Å²) in [5.41, 5.74) is 0.617. The molecule has 0 saturated carbocycles. The number of nitrogens with one attached hydrogen (secondary N) is 1. The zero-order valence-corrected chi connectivity index (χ0v) is 11.0. The van der Waals surface area contributed by atoms with Crippen LogP contribution in [0.5, 0.6) is 0 Å². The van der Waals surface area contributed by atoms with Crippen molar-refractivity contribution < 1.29 is 9.18 Å². The molecule has 1 amide bonds. The Morgan fingerprint density at radius 2 is 2.05 bits per heavy atom. The van der Waals surface area contributed by atoms with E-state index in [1.807, 2.05) is 25.1 Å². The van der Waals surface area contributed by atoms with Crippen molar-refractivity contribution >= 4 is 12.0 Å². The molecule has 0 radical (unpaired) electrons. The summed E-state index contributed by atoms with van der Waals surface area (Å²) < 4.78 is 12.7. The first-order valence-corrected chi connectivity index (χ1v) is 5.83. The third-order valence-electron chi connectivity index (χ3n) is 2.39. The van der Waals surface area contributed by atoms with Crippen molar-refractivity contribution in [2.75, 3.05) is 27.2 Å². The number of hydrogen-bond donors (Lipinski definition) is 1. The molecule has 0 saturated heterocycles. The fraction of sp³-hybridized carbons (Fsp3) is 0.286. The van der Waals surface area contributed by atoms with Crippen LogP contribution in [0.4, 0.5) is 4.39 Å². The van der Waals surface area contributed by atoms with Gasteiger partial charge in [0.15, 0.2) is 0 Å². The van der Waals surface area contributed by atoms with Crippen LogP contribution in [-0.2, 0) is 4.79 Å². The van der Waals surface area contributed by atoms with Gasteiger partial charge in [-0.2, -0.15) is 5.26 Å². The van der Waals surface area contributed by atoms with E-state index in [1.165, 1.54) is 30.3 Å². The molecule has 0 unspecified atom stereocenters. The number of nitrogens with zero attached hydrogens (tertiary/aromatic N) is 2. The molecular weight excluding hydrogens is 245 g/mol. The monoisotopic (exact) mass is 261 g/mol. The lowest BCUT2D eigenvalue weighted by Crippen LogP contribution is -2.31. The van der Waals surface area contributed by atoms with Gasteiger partial charge in [0, 0.05) is 13.1 Å². The van der Waals surface area contributed by atoms with Crippen LogP contribution in [0.15, 0.2) is 29.8 Å². The topological polar surface area (TPSA) is 56.1 Å². The van der Waals surface area contributed by atoms with Gasteiger partial charge in [-0.1, -0.05) is 12.1 Å². The summed E-state index contributed by atoms with van der Waals surface area (Å²) in [6, 6.07) is 7.44. The average Bonchev–Trinajstić information content (AvgIpc) is 2.37. The summed E-state index contributed by atoms with van der Waals surface area (Å²) in [5.74, 6) is -0.778. The van der Waals surface area contributed by atoms with Crippen molar-refractivity contribution in [1.82, 2.24) is 10.2 Å². The van der Waals surface area contributed by atoms with Crippen molar-refractivity contribution in [2.45, 2.75) is 0 Å². The molecule has 100 valence electrons. The first-order chi connectivity index (χ1) is 9.02. The Kier molecular flexibility index (Phi) is 5.71. The minimum Gasteiger partial charge on any atom is -0.350 e. The summed E-state index contributed by atoms with van der Waals surface area (Å²) in [6.07, 6.45) is 1.43. The standard InChI is InChI=1S/C14H16FN3O/c1-18(2)8-7-17-14(19)12(10-16)9-11-3-5-13(15)6-4-11/h3-6,9H,7-8H2,1-2H3,(H,17,19). The molecule has 1 aromatic carbocycles. The van der Waals surface area contributed by atoms with Crippen molar-refractivity contribution in [1.29, 1.82) is 5.26 Å². The van der Waals surface area contributed by atoms with E-state index in [0.29, 0.717) is 18.7 Å². The number of nitriles is 1. The van der Waals surface area contributed by atoms with Crippen LogP contribution in [0.25, 0.3) is 6.08 Å². The summed E-state index contributed by atoms with van der Waals surface area (Å²) in [4.78, 5) is 13.7. The second-order valence-electron chi connectivity index (χ2n) is 4.28. The van der Waals surface area contributed by atoms with Crippen LogP contribution >= 0.6 is 0 Å². The van der Waals surface area contributed by atoms with E-state index in [4.69, 9.17) is 5.26 Å². The van der Waals surface area contributed by atoms with Crippen molar-refractivity contribution in [3.63, 3.8) is 0 Å². The average molecular weight is 261 g/mol. The summed E-state index contributed by atoms with van der Waals surface area (Å²) >= 11 is 0. The fourth-order valence-corrected chi connectivity index (χ4v) is 1.36. The number of benzene rings is 1. The lowest BCUT2D eigenvalue weighted by molar-refractivity contribution is -0.117. The van der Waals surface area contributed by atoms with E-state index in [2.05, 4.69) is 5.32 Å². The van der Waals surface area contributed by atoms with Crippen molar-refractivity contribution in [3.8, 4) is 6.07 Å². The molecule has 1 rings (SSSR count). The molecule has 4 nitrogen and oxygen atoms in total. The molecule has 1 aromatic rings. The molecule has 0 aliphatic rings. The number of hydrogen-bond acceptors (Lipinski definition) is 3. The highest BCUT2D eigenvalue weighted by molar-refractivity contribution is 6.01. The third kappa shape index (κ3) is 5.32. The van der Waals surface area contributed by atoms with E-state index in [0.717, 1.165) is 0 Å². The van der Waals surface area contributed by atoms with Crippen LogP contribution in [0, 0.1) is 17.1 Å². The minimum atomic E-state index is -0.423. The van der Waals surface area contributed by atoms with Crippen LogP contribution in [-0.4, -0.2) is 38.0 Å². The Morgan fingerprint density at radius 1 is 1.42 bits per heavy atom. The number of carbonyl (C=O) groups excluding carboxylic acids is 1. The highest BCUT2D eigenvalue weighted by Crippen LogP contribution is 2.08. The largest absolute Gasteiger partial charge is 0.350 e. The minimum absolute atomic E-state index is 0.00497. The predicted octanol–water partition coefficient (Wildman–Crippen LogP) is 1.41. The molecule has 1 N–H and O–H groups in total. The quantitative estimate of drug-likeness (QED) is 0.644. The summed E-state index contributed by atoms with van der Waals surface area (Å²) in [7, 11) is 3.79. The lowest BCUT2D eigenvalue weighted by Gasteiger charge is -2.09. The van der Waals surface area contributed by atoms with E-state index >= 15 is 0 Å². The summed E-state index contributed by atoms with van der Waals surface area (Å²) in [6.45, 7) is 1.16. The van der Waals surface area contributed by atoms with Gasteiger partial charge in [0.1, 0.15) is 17.5 Å². The van der Waals surface area contributed by atoms with Crippen molar-refractivity contribution in [3.05, 3.63) is 41.2 Å². The Balaban J connectivity index is 2.69. The fourth-order valence-electron chi connectivity index (χ4n) is 1.36. The van der Waals surface area contributed by atoms with Gasteiger partial charge in [-0.15, -0.1) is 0 Å². The number of amides is 1. The molecule has 0 aliphatic heterocycles. The Bertz CT molecular complexity index is 500. The van der Waals surface area contributed by atoms with Gasteiger partial charge in [0.05, 0.1) is 0 Å². The third-order valence-corrected chi connectivity index (χ3v) is 2.39. The zero-order valence-electron chi connectivity index (χ0n) is 11.0. The molecule has 0 heterocycles. The van der Waals surface area contributed by atoms with Gasteiger partial charge in [-0.3, -0.25) is 4.79 Å². The van der Waals surface area contributed by atoms with Crippen LogP contribution in [0.2, 0.25) is 0 Å². The number of likely N-dealkylation sites (N-methyl/N-ethyl adjacent to an activating group) is 1. The number of halogens is 1. The SMILES string of the molecule is CN(C)CCNC(=O)C(C#N)=Cc1ccc(F)cc1. The molecule has 0 spiro atoms. The zero-order chi connectivity index (χ0) is 14.3. The predicted molar refractivity (Wildman–Crippen MR) is 71.6 cm³/mol. The van der Waals surface area contributed by atoms with Crippen LogP contribution in [0.1, 0.15) is 5.56 Å². The maximum absolute atomic E-state index is 12.7. The Morgan fingerprint density at radius 3 is 2.58 bits per heavy atom. The lowest BCUT2D eigenvalue weighted by atomic mass is 10.1. The smallest absolute Gasteiger partial charge is 0.261 e. The first kappa shape index (κ1) is 14.9. The van der Waals surface area contributed by atoms with Crippen LogP contribution in [0.3, 0.4) is 0 Å². The molecule has 0 aromatic heterocycles. The summed E-state index contributed by atoms with van der Waals surface area (Å²) in [5, 5.41) is 11.6. The van der Waals surface area contributed by atoms with Gasteiger partial charge in [-0.05, 0) is 37.9 Å². The molecule has 0 fully saturated rings. The van der Waals surface area contributed by atoms with Gasteiger partial charge >= 0.3 is 0 Å². The highest BCUT2D eigenvalue weighted by atomic mass is 19.1. The van der Waals surface area contributed by atoms with Gasteiger partial charge < -0.3 is 10.2 Å². The second kappa shape index (κ2) is 7.29. The first-order valence-electron chi connectivity index (χ1n) is 5.83. The van der Waals surface area contributed by atoms with Crippen molar-refractivity contribution in [2.24, 2.45) is 0 Å². The molecule has 0 aliphatic carbocycles. The van der Waals surface area contributed by atoms with E-state index in [9.17, 15) is 9.18 Å². The molecule has 0 bridgehead atoms.